The zero-order valence-electron chi connectivity index (χ0n) is 11.7. The highest BCUT2D eigenvalue weighted by atomic mass is 35.5. The number of carbonyl (C=O) groups is 2. The molecule has 2 rings (SSSR count). The van der Waals surface area contributed by atoms with E-state index in [1.807, 2.05) is 6.92 Å². The van der Waals surface area contributed by atoms with Gasteiger partial charge in [-0.2, -0.15) is 0 Å². The monoisotopic (exact) mass is 294 g/mol. The number of nitrogens with two attached hydrogens (primary N) is 1. The van der Waals surface area contributed by atoms with E-state index < -0.39 is 11.9 Å². The Kier molecular flexibility index (Phi) is 4.33. The number of hydrogen-bond acceptors (Lipinski definition) is 2. The van der Waals surface area contributed by atoms with Crippen LogP contribution in [0.5, 0.6) is 0 Å². The molecule has 1 unspecified atom stereocenters. The van der Waals surface area contributed by atoms with Crippen molar-refractivity contribution in [2.24, 2.45) is 11.7 Å². The van der Waals surface area contributed by atoms with Gasteiger partial charge in [-0.05, 0) is 56.4 Å². The van der Waals surface area contributed by atoms with Crippen molar-refractivity contribution in [1.29, 1.82) is 0 Å². The molecule has 0 aliphatic heterocycles. The topological polar surface area (TPSA) is 63.4 Å². The van der Waals surface area contributed by atoms with Gasteiger partial charge in [0.2, 0.25) is 5.91 Å². The molecule has 2 amide bonds. The largest absolute Gasteiger partial charge is 0.368 e. The van der Waals surface area contributed by atoms with Gasteiger partial charge in [-0.1, -0.05) is 11.6 Å². The molecular formula is C15H19ClN2O2. The molecular weight excluding hydrogens is 276 g/mol. The van der Waals surface area contributed by atoms with Crippen LogP contribution in [0.4, 0.5) is 0 Å². The van der Waals surface area contributed by atoms with Crippen LogP contribution in [0.2, 0.25) is 5.02 Å². The Hall–Kier alpha value is -1.55. The lowest BCUT2D eigenvalue weighted by Crippen LogP contribution is -2.47. The Morgan fingerprint density at radius 3 is 2.55 bits per heavy atom. The molecule has 108 valence electrons. The summed E-state index contributed by atoms with van der Waals surface area (Å²) in [5, 5.41) is 0.520. The number of nitrogens with zero attached hydrogens (tertiary/aromatic N) is 1. The second-order valence-corrected chi connectivity index (χ2v) is 5.93. The first-order valence-electron chi connectivity index (χ1n) is 6.76. The van der Waals surface area contributed by atoms with Crippen LogP contribution in [0.3, 0.4) is 0 Å². The first-order chi connectivity index (χ1) is 9.38. The number of hydrogen-bond donors (Lipinski definition) is 1. The van der Waals surface area contributed by atoms with Crippen LogP contribution in [0.1, 0.15) is 35.7 Å². The molecule has 0 spiro atoms. The summed E-state index contributed by atoms with van der Waals surface area (Å²) >= 11 is 6.00. The molecule has 4 nitrogen and oxygen atoms in total. The fourth-order valence-electron chi connectivity index (χ4n) is 2.17. The summed E-state index contributed by atoms with van der Waals surface area (Å²) in [6.07, 6.45) is 2.20. The highest BCUT2D eigenvalue weighted by Gasteiger charge is 2.32. The molecule has 1 atom stereocenters. The second-order valence-electron chi connectivity index (χ2n) is 5.50. The lowest BCUT2D eigenvalue weighted by atomic mass is 10.1. The van der Waals surface area contributed by atoms with Crippen LogP contribution in [-0.4, -0.2) is 29.3 Å². The van der Waals surface area contributed by atoms with E-state index in [1.165, 1.54) is 0 Å². The summed E-state index contributed by atoms with van der Waals surface area (Å²) in [4.78, 5) is 25.6. The number of aryl methyl sites for hydroxylation is 1. The van der Waals surface area contributed by atoms with E-state index in [0.29, 0.717) is 23.0 Å². The minimum atomic E-state index is -0.609. The summed E-state index contributed by atoms with van der Waals surface area (Å²) in [6.45, 7) is 4.12. The molecule has 20 heavy (non-hydrogen) atoms. The maximum absolute atomic E-state index is 12.6. The van der Waals surface area contributed by atoms with E-state index >= 15 is 0 Å². The normalized spacial score (nSPS) is 15.8. The summed E-state index contributed by atoms with van der Waals surface area (Å²) < 4.78 is 0. The van der Waals surface area contributed by atoms with E-state index in [-0.39, 0.29) is 5.91 Å². The van der Waals surface area contributed by atoms with E-state index in [0.717, 1.165) is 18.4 Å². The molecule has 2 N–H and O–H groups in total. The number of carbonyl (C=O) groups excluding carboxylic acids is 2. The van der Waals surface area contributed by atoms with E-state index in [4.69, 9.17) is 17.3 Å². The number of amides is 2. The van der Waals surface area contributed by atoms with Crippen LogP contribution >= 0.6 is 11.6 Å². The fourth-order valence-corrected chi connectivity index (χ4v) is 2.46. The van der Waals surface area contributed by atoms with Gasteiger partial charge in [0.25, 0.3) is 5.91 Å². The number of primary amides is 1. The SMILES string of the molecule is Cc1cc(Cl)cc(C(=O)N(CC2CC2)C(C)C(N)=O)c1. The minimum absolute atomic E-state index is 0.186. The highest BCUT2D eigenvalue weighted by Crippen LogP contribution is 2.31. The van der Waals surface area contributed by atoms with Crippen molar-refractivity contribution in [3.8, 4) is 0 Å². The standard InChI is InChI=1S/C15H19ClN2O2/c1-9-5-12(7-13(16)6-9)15(20)18(8-11-3-4-11)10(2)14(17)19/h5-7,10-11H,3-4,8H2,1-2H3,(H2,17,19). The molecule has 1 saturated carbocycles. The predicted octanol–water partition coefficient (Wildman–Crippen LogP) is 2.37. The van der Waals surface area contributed by atoms with E-state index in [1.54, 1.807) is 30.0 Å². The van der Waals surface area contributed by atoms with E-state index in [2.05, 4.69) is 0 Å². The average molecular weight is 295 g/mol. The van der Waals surface area contributed by atoms with Crippen LogP contribution in [-0.2, 0) is 4.79 Å². The quantitative estimate of drug-likeness (QED) is 0.906. The van der Waals surface area contributed by atoms with Crippen LogP contribution in [0.15, 0.2) is 18.2 Å². The Morgan fingerprint density at radius 2 is 2.05 bits per heavy atom. The van der Waals surface area contributed by atoms with Crippen molar-refractivity contribution in [2.45, 2.75) is 32.7 Å². The molecule has 0 heterocycles. The third kappa shape index (κ3) is 3.51. The molecule has 1 aliphatic rings. The number of benzene rings is 1. The van der Waals surface area contributed by atoms with Crippen LogP contribution in [0, 0.1) is 12.8 Å². The predicted molar refractivity (Wildman–Crippen MR) is 78.6 cm³/mol. The Bertz CT molecular complexity index is 520. The van der Waals surface area contributed by atoms with Crippen molar-refractivity contribution < 1.29 is 9.59 Å². The zero-order chi connectivity index (χ0) is 14.9. The molecule has 0 aromatic heterocycles. The summed E-state index contributed by atoms with van der Waals surface area (Å²) in [5.41, 5.74) is 6.77. The minimum Gasteiger partial charge on any atom is -0.368 e. The van der Waals surface area contributed by atoms with Gasteiger partial charge in [0.05, 0.1) is 0 Å². The third-order valence-electron chi connectivity index (χ3n) is 3.58. The lowest BCUT2D eigenvalue weighted by molar-refractivity contribution is -0.122. The smallest absolute Gasteiger partial charge is 0.254 e. The first kappa shape index (κ1) is 14.9. The molecule has 1 aromatic rings. The van der Waals surface area contributed by atoms with Crippen molar-refractivity contribution in [2.75, 3.05) is 6.54 Å². The molecule has 5 heteroatoms. The lowest BCUT2D eigenvalue weighted by Gasteiger charge is -2.27. The van der Waals surface area contributed by atoms with Gasteiger partial charge in [-0.3, -0.25) is 9.59 Å². The molecule has 1 aliphatic carbocycles. The maximum atomic E-state index is 12.6. The Morgan fingerprint density at radius 1 is 1.40 bits per heavy atom. The Labute approximate surface area is 123 Å². The summed E-state index contributed by atoms with van der Waals surface area (Å²) in [7, 11) is 0. The van der Waals surface area contributed by atoms with Crippen LogP contribution < -0.4 is 5.73 Å². The van der Waals surface area contributed by atoms with Crippen molar-refractivity contribution in [3.63, 3.8) is 0 Å². The number of rotatable bonds is 5. The highest BCUT2D eigenvalue weighted by molar-refractivity contribution is 6.31. The number of halogens is 1. The summed E-state index contributed by atoms with van der Waals surface area (Å²) in [5.74, 6) is -0.187. The molecule has 1 fully saturated rings. The first-order valence-corrected chi connectivity index (χ1v) is 7.13. The van der Waals surface area contributed by atoms with Gasteiger partial charge in [0, 0.05) is 17.1 Å². The second kappa shape index (κ2) is 5.83. The third-order valence-corrected chi connectivity index (χ3v) is 3.80. The molecule has 0 saturated heterocycles. The Balaban J connectivity index is 2.26. The van der Waals surface area contributed by atoms with E-state index in [9.17, 15) is 9.59 Å². The molecule has 0 bridgehead atoms. The van der Waals surface area contributed by atoms with Gasteiger partial charge < -0.3 is 10.6 Å². The van der Waals surface area contributed by atoms with Crippen molar-refractivity contribution in [3.05, 3.63) is 34.3 Å². The molecule has 0 radical (unpaired) electrons. The average Bonchev–Trinajstić information content (AvgIpc) is 3.17. The van der Waals surface area contributed by atoms with Gasteiger partial charge in [-0.15, -0.1) is 0 Å². The van der Waals surface area contributed by atoms with Crippen molar-refractivity contribution in [1.82, 2.24) is 4.90 Å². The van der Waals surface area contributed by atoms with Gasteiger partial charge in [-0.25, -0.2) is 0 Å². The van der Waals surface area contributed by atoms with Gasteiger partial charge in [0.15, 0.2) is 0 Å². The maximum Gasteiger partial charge on any atom is 0.254 e. The van der Waals surface area contributed by atoms with Gasteiger partial charge >= 0.3 is 0 Å². The zero-order valence-corrected chi connectivity index (χ0v) is 12.5. The molecule has 1 aromatic carbocycles. The van der Waals surface area contributed by atoms with Gasteiger partial charge in [0.1, 0.15) is 6.04 Å². The van der Waals surface area contributed by atoms with Crippen LogP contribution in [0.25, 0.3) is 0 Å². The fraction of sp³-hybridized carbons (Fsp3) is 0.467. The summed E-state index contributed by atoms with van der Waals surface area (Å²) in [6, 6.07) is 4.59. The van der Waals surface area contributed by atoms with Crippen molar-refractivity contribution >= 4 is 23.4 Å².